The first kappa shape index (κ1) is 21.6. The number of rotatable bonds is 5. The van der Waals surface area contributed by atoms with Gasteiger partial charge in [0.05, 0.1) is 7.11 Å². The number of methoxy groups -OCH3 is 1. The van der Waals surface area contributed by atoms with Crippen LogP contribution >= 0.6 is 0 Å². The Bertz CT molecular complexity index is 885. The molecule has 1 amide bonds. The van der Waals surface area contributed by atoms with Crippen molar-refractivity contribution in [2.75, 3.05) is 32.1 Å². The molecule has 1 aromatic carbocycles. The first-order valence-electron chi connectivity index (χ1n) is 11.6. The number of aromatic nitrogens is 2. The van der Waals surface area contributed by atoms with E-state index in [1.807, 2.05) is 29.2 Å². The van der Waals surface area contributed by atoms with E-state index in [0.29, 0.717) is 23.3 Å². The predicted octanol–water partition coefficient (Wildman–Crippen LogP) is 4.79. The second-order valence-corrected chi connectivity index (χ2v) is 9.04. The molecule has 1 aliphatic heterocycles. The van der Waals surface area contributed by atoms with E-state index in [0.717, 1.165) is 55.9 Å². The number of carbonyl (C=O) groups excluding carboxylic acids is 1. The lowest BCUT2D eigenvalue weighted by Gasteiger charge is -2.35. The van der Waals surface area contributed by atoms with E-state index >= 15 is 0 Å². The summed E-state index contributed by atoms with van der Waals surface area (Å²) in [6.45, 7) is 3.89. The Morgan fingerprint density at radius 1 is 1.06 bits per heavy atom. The van der Waals surface area contributed by atoms with Crippen molar-refractivity contribution in [1.82, 2.24) is 14.9 Å². The largest absolute Gasteiger partial charge is 0.497 e. The zero-order chi connectivity index (χ0) is 21.8. The maximum atomic E-state index is 13.4. The smallest absolute Gasteiger partial charge is 0.259 e. The minimum Gasteiger partial charge on any atom is -0.497 e. The molecule has 1 aliphatic carbocycles. The van der Waals surface area contributed by atoms with E-state index in [9.17, 15) is 4.79 Å². The number of hydrogen-bond donors (Lipinski definition) is 0. The van der Waals surface area contributed by atoms with Gasteiger partial charge in [0.15, 0.2) is 5.82 Å². The summed E-state index contributed by atoms with van der Waals surface area (Å²) >= 11 is 0. The van der Waals surface area contributed by atoms with Crippen molar-refractivity contribution in [2.24, 2.45) is 5.92 Å². The number of ether oxygens (including phenoxy) is 1. The van der Waals surface area contributed by atoms with Gasteiger partial charge in [0.1, 0.15) is 17.1 Å². The highest BCUT2D eigenvalue weighted by Crippen LogP contribution is 2.30. The van der Waals surface area contributed by atoms with Crippen LogP contribution in [0.25, 0.3) is 11.4 Å². The van der Waals surface area contributed by atoms with Gasteiger partial charge in [-0.1, -0.05) is 26.2 Å². The van der Waals surface area contributed by atoms with Crippen LogP contribution in [-0.4, -0.2) is 54.1 Å². The van der Waals surface area contributed by atoms with E-state index in [1.54, 1.807) is 13.3 Å². The molecule has 1 saturated heterocycles. The second-order valence-electron chi connectivity index (χ2n) is 9.04. The van der Waals surface area contributed by atoms with Crippen LogP contribution < -0.4 is 9.64 Å². The molecule has 0 spiro atoms. The van der Waals surface area contributed by atoms with Crippen LogP contribution in [0.3, 0.4) is 0 Å². The molecule has 4 rings (SSSR count). The number of likely N-dealkylation sites (tertiary alicyclic amines) is 1. The molecular formula is C25H34N4O2. The standard InChI is InChI=1S/C25H34N4O2/c1-18-13-15-29(16-14-18)25(30)22-17-26-23(19-9-11-21(31-3)12-10-19)27-24(22)28(2)20-7-5-4-6-8-20/h9-12,17-18,20H,4-8,13-16H2,1-3H3. The van der Waals surface area contributed by atoms with Gasteiger partial charge < -0.3 is 14.5 Å². The molecule has 2 heterocycles. The fourth-order valence-corrected chi connectivity index (χ4v) is 4.70. The van der Waals surface area contributed by atoms with Crippen LogP contribution in [0.4, 0.5) is 5.82 Å². The zero-order valence-electron chi connectivity index (χ0n) is 19.0. The second kappa shape index (κ2) is 9.67. The Labute approximate surface area is 185 Å². The van der Waals surface area contributed by atoms with Crippen LogP contribution in [0.1, 0.15) is 62.2 Å². The van der Waals surface area contributed by atoms with E-state index in [4.69, 9.17) is 9.72 Å². The van der Waals surface area contributed by atoms with Gasteiger partial charge in [0, 0.05) is 37.9 Å². The Balaban J connectivity index is 1.68. The van der Waals surface area contributed by atoms with Gasteiger partial charge in [-0.2, -0.15) is 0 Å². The summed E-state index contributed by atoms with van der Waals surface area (Å²) in [6.07, 6.45) is 9.91. The molecule has 1 aromatic heterocycles. The molecule has 0 bridgehead atoms. The van der Waals surface area contributed by atoms with E-state index in [-0.39, 0.29) is 5.91 Å². The molecule has 2 aromatic rings. The SMILES string of the molecule is COc1ccc(-c2ncc(C(=O)N3CCC(C)CC3)c(N(C)C3CCCCC3)n2)cc1. The quantitative estimate of drug-likeness (QED) is 0.693. The lowest BCUT2D eigenvalue weighted by atomic mass is 9.94. The lowest BCUT2D eigenvalue weighted by Crippen LogP contribution is -2.40. The highest BCUT2D eigenvalue weighted by Gasteiger charge is 2.28. The van der Waals surface area contributed by atoms with Gasteiger partial charge in [-0.3, -0.25) is 4.79 Å². The fraction of sp³-hybridized carbons (Fsp3) is 0.560. The van der Waals surface area contributed by atoms with E-state index < -0.39 is 0 Å². The molecular weight excluding hydrogens is 388 g/mol. The van der Waals surface area contributed by atoms with Gasteiger partial charge in [-0.15, -0.1) is 0 Å². The number of hydrogen-bond acceptors (Lipinski definition) is 5. The van der Waals surface area contributed by atoms with E-state index in [1.165, 1.54) is 19.3 Å². The van der Waals surface area contributed by atoms with Crippen LogP contribution in [-0.2, 0) is 0 Å². The van der Waals surface area contributed by atoms with Crippen molar-refractivity contribution >= 4 is 11.7 Å². The van der Waals surface area contributed by atoms with Crippen molar-refractivity contribution in [1.29, 1.82) is 0 Å². The molecule has 0 unspecified atom stereocenters. The van der Waals surface area contributed by atoms with Crippen molar-refractivity contribution in [2.45, 2.75) is 57.9 Å². The lowest BCUT2D eigenvalue weighted by molar-refractivity contribution is 0.0697. The van der Waals surface area contributed by atoms with Gasteiger partial charge in [-0.05, 0) is 55.9 Å². The maximum absolute atomic E-state index is 13.4. The molecule has 0 atom stereocenters. The Hall–Kier alpha value is -2.63. The third-order valence-electron chi connectivity index (χ3n) is 6.87. The Morgan fingerprint density at radius 2 is 1.74 bits per heavy atom. The minimum absolute atomic E-state index is 0.0610. The van der Waals surface area contributed by atoms with Crippen molar-refractivity contribution in [3.05, 3.63) is 36.0 Å². The first-order valence-corrected chi connectivity index (χ1v) is 11.6. The first-order chi connectivity index (χ1) is 15.1. The monoisotopic (exact) mass is 422 g/mol. The van der Waals surface area contributed by atoms with Crippen LogP contribution in [0.15, 0.2) is 30.5 Å². The molecule has 0 N–H and O–H groups in total. The highest BCUT2D eigenvalue weighted by molar-refractivity contribution is 5.99. The van der Waals surface area contributed by atoms with Crippen molar-refractivity contribution < 1.29 is 9.53 Å². The summed E-state index contributed by atoms with van der Waals surface area (Å²) in [5, 5.41) is 0. The van der Waals surface area contributed by atoms with Gasteiger partial charge in [0.25, 0.3) is 5.91 Å². The molecule has 2 fully saturated rings. The summed E-state index contributed by atoms with van der Waals surface area (Å²) in [7, 11) is 3.75. The maximum Gasteiger partial charge on any atom is 0.259 e. The average Bonchev–Trinajstić information content (AvgIpc) is 2.84. The Kier molecular flexibility index (Phi) is 6.73. The van der Waals surface area contributed by atoms with Gasteiger partial charge in [-0.25, -0.2) is 9.97 Å². The topological polar surface area (TPSA) is 58.6 Å². The number of nitrogens with zero attached hydrogens (tertiary/aromatic N) is 4. The summed E-state index contributed by atoms with van der Waals surface area (Å²) in [5.41, 5.74) is 1.55. The summed E-state index contributed by atoms with van der Waals surface area (Å²) in [4.78, 5) is 27.2. The molecule has 31 heavy (non-hydrogen) atoms. The van der Waals surface area contributed by atoms with Gasteiger partial charge in [0.2, 0.25) is 0 Å². The normalized spacial score (nSPS) is 18.1. The number of carbonyl (C=O) groups is 1. The molecule has 1 saturated carbocycles. The van der Waals surface area contributed by atoms with Crippen molar-refractivity contribution in [3.63, 3.8) is 0 Å². The van der Waals surface area contributed by atoms with Gasteiger partial charge >= 0.3 is 0 Å². The van der Waals surface area contributed by atoms with Crippen LogP contribution in [0.2, 0.25) is 0 Å². The summed E-state index contributed by atoms with van der Waals surface area (Å²) < 4.78 is 5.27. The third kappa shape index (κ3) is 4.83. The Morgan fingerprint density at radius 3 is 2.39 bits per heavy atom. The highest BCUT2D eigenvalue weighted by atomic mass is 16.5. The number of anilines is 1. The average molecular weight is 423 g/mol. The minimum atomic E-state index is 0.0610. The molecule has 166 valence electrons. The third-order valence-corrected chi connectivity index (χ3v) is 6.87. The fourth-order valence-electron chi connectivity index (χ4n) is 4.70. The zero-order valence-corrected chi connectivity index (χ0v) is 19.0. The van der Waals surface area contributed by atoms with Crippen LogP contribution in [0.5, 0.6) is 5.75 Å². The molecule has 0 radical (unpaired) electrons. The number of benzene rings is 1. The number of amides is 1. The van der Waals surface area contributed by atoms with Crippen LogP contribution in [0, 0.1) is 5.92 Å². The predicted molar refractivity (Wildman–Crippen MR) is 124 cm³/mol. The van der Waals surface area contributed by atoms with E-state index in [2.05, 4.69) is 23.9 Å². The summed E-state index contributed by atoms with van der Waals surface area (Å²) in [5.74, 6) is 2.95. The number of piperidine rings is 1. The summed E-state index contributed by atoms with van der Waals surface area (Å²) in [6, 6.07) is 8.17. The molecule has 6 heteroatoms. The van der Waals surface area contributed by atoms with Crippen molar-refractivity contribution in [3.8, 4) is 17.1 Å². The molecule has 2 aliphatic rings. The molecule has 6 nitrogen and oxygen atoms in total.